The van der Waals surface area contributed by atoms with Gasteiger partial charge in [-0.3, -0.25) is 0 Å². The summed E-state index contributed by atoms with van der Waals surface area (Å²) in [7, 11) is 6.50. The summed E-state index contributed by atoms with van der Waals surface area (Å²) in [6.07, 6.45) is 0. The Morgan fingerprint density at radius 3 is 2.09 bits per heavy atom. The van der Waals surface area contributed by atoms with Gasteiger partial charge in [-0.25, -0.2) is 0 Å². The van der Waals surface area contributed by atoms with Crippen LogP contribution in [-0.4, -0.2) is 28.4 Å². The maximum Gasteiger partial charge on any atom is 0.164 e. The van der Waals surface area contributed by atoms with E-state index >= 15 is 0 Å². The smallest absolute Gasteiger partial charge is 0.164 e. The summed E-state index contributed by atoms with van der Waals surface area (Å²) in [6.45, 7) is 0.594. The maximum atomic E-state index is 5.42. The lowest BCUT2D eigenvalue weighted by atomic mass is 10.1. The molecule has 0 spiro atoms. The van der Waals surface area contributed by atoms with Crippen molar-refractivity contribution in [3.8, 4) is 23.0 Å². The van der Waals surface area contributed by atoms with Crippen LogP contribution in [0.1, 0.15) is 5.56 Å². The van der Waals surface area contributed by atoms with E-state index in [2.05, 4.69) is 5.32 Å². The lowest BCUT2D eigenvalue weighted by molar-refractivity contribution is 0.347. The van der Waals surface area contributed by atoms with Gasteiger partial charge in [-0.2, -0.15) is 0 Å². The van der Waals surface area contributed by atoms with E-state index in [0.717, 1.165) is 22.7 Å². The summed E-state index contributed by atoms with van der Waals surface area (Å²) in [5.41, 5.74) is 1.94. The molecule has 0 fully saturated rings. The normalized spacial score (nSPS) is 10.0. The maximum absolute atomic E-state index is 5.42. The van der Waals surface area contributed by atoms with E-state index in [1.807, 2.05) is 36.4 Å². The van der Waals surface area contributed by atoms with Crippen LogP contribution in [-0.2, 0) is 6.54 Å². The molecule has 0 aliphatic heterocycles. The van der Waals surface area contributed by atoms with Gasteiger partial charge < -0.3 is 24.3 Å². The molecule has 0 bridgehead atoms. The monoisotopic (exact) mass is 303 g/mol. The third-order valence-corrected chi connectivity index (χ3v) is 3.34. The SMILES string of the molecule is COc1cccc(NCc2cc(OC)c(OC)cc2OC)c1. The molecular weight excluding hydrogens is 282 g/mol. The van der Waals surface area contributed by atoms with E-state index in [0.29, 0.717) is 18.0 Å². The third-order valence-electron chi connectivity index (χ3n) is 3.34. The Bertz CT molecular complexity index is 628. The summed E-state index contributed by atoms with van der Waals surface area (Å²) >= 11 is 0. The van der Waals surface area contributed by atoms with Gasteiger partial charge in [-0.1, -0.05) is 6.07 Å². The molecule has 5 heteroatoms. The number of nitrogens with one attached hydrogen (secondary N) is 1. The second-order valence-electron chi connectivity index (χ2n) is 4.60. The summed E-state index contributed by atoms with van der Waals surface area (Å²) in [5, 5.41) is 3.34. The van der Waals surface area contributed by atoms with Crippen LogP contribution in [0.2, 0.25) is 0 Å². The zero-order chi connectivity index (χ0) is 15.9. The van der Waals surface area contributed by atoms with Gasteiger partial charge in [0.2, 0.25) is 0 Å². The van der Waals surface area contributed by atoms with Gasteiger partial charge in [0.15, 0.2) is 11.5 Å². The van der Waals surface area contributed by atoms with Crippen molar-refractivity contribution in [1.29, 1.82) is 0 Å². The summed E-state index contributed by atoms with van der Waals surface area (Å²) in [5.74, 6) is 2.87. The van der Waals surface area contributed by atoms with Gasteiger partial charge in [0.05, 0.1) is 28.4 Å². The standard InChI is InChI=1S/C17H21NO4/c1-19-14-7-5-6-13(9-14)18-11-12-8-16(21-3)17(22-4)10-15(12)20-2/h5-10,18H,11H2,1-4H3. The first-order valence-electron chi connectivity index (χ1n) is 6.88. The van der Waals surface area contributed by atoms with Crippen LogP contribution in [0.25, 0.3) is 0 Å². The highest BCUT2D eigenvalue weighted by atomic mass is 16.5. The van der Waals surface area contributed by atoms with Crippen molar-refractivity contribution in [3.63, 3.8) is 0 Å². The number of hydrogen-bond acceptors (Lipinski definition) is 5. The van der Waals surface area contributed by atoms with Gasteiger partial charge in [0, 0.05) is 29.9 Å². The molecule has 0 radical (unpaired) electrons. The molecule has 0 saturated heterocycles. The van der Waals surface area contributed by atoms with Crippen LogP contribution in [0.4, 0.5) is 5.69 Å². The Labute approximate surface area is 130 Å². The molecule has 2 aromatic carbocycles. The van der Waals surface area contributed by atoms with Gasteiger partial charge in [-0.15, -0.1) is 0 Å². The Balaban J connectivity index is 2.20. The number of ether oxygens (including phenoxy) is 4. The topological polar surface area (TPSA) is 49.0 Å². The van der Waals surface area contributed by atoms with Gasteiger partial charge in [0.1, 0.15) is 11.5 Å². The molecule has 2 aromatic rings. The van der Waals surface area contributed by atoms with E-state index in [9.17, 15) is 0 Å². The van der Waals surface area contributed by atoms with Crippen molar-refractivity contribution in [1.82, 2.24) is 0 Å². The van der Waals surface area contributed by atoms with Crippen molar-refractivity contribution >= 4 is 5.69 Å². The van der Waals surface area contributed by atoms with Crippen LogP contribution < -0.4 is 24.3 Å². The number of hydrogen-bond donors (Lipinski definition) is 1. The van der Waals surface area contributed by atoms with E-state index in [1.165, 1.54) is 0 Å². The lowest BCUT2D eigenvalue weighted by Crippen LogP contribution is -2.03. The molecule has 0 aliphatic carbocycles. The molecule has 5 nitrogen and oxygen atoms in total. The molecule has 0 aromatic heterocycles. The minimum absolute atomic E-state index is 0.594. The molecule has 0 unspecified atom stereocenters. The molecule has 118 valence electrons. The molecule has 0 aliphatic rings. The predicted octanol–water partition coefficient (Wildman–Crippen LogP) is 3.33. The highest BCUT2D eigenvalue weighted by Gasteiger charge is 2.11. The molecular formula is C17H21NO4. The Hall–Kier alpha value is -2.56. The Kier molecular flexibility index (Phi) is 5.36. The van der Waals surface area contributed by atoms with Gasteiger partial charge in [-0.05, 0) is 18.2 Å². The molecule has 1 N–H and O–H groups in total. The van der Waals surface area contributed by atoms with Gasteiger partial charge in [0.25, 0.3) is 0 Å². The number of anilines is 1. The Morgan fingerprint density at radius 1 is 0.773 bits per heavy atom. The second-order valence-corrected chi connectivity index (χ2v) is 4.60. The van der Waals surface area contributed by atoms with Crippen molar-refractivity contribution in [3.05, 3.63) is 42.0 Å². The summed E-state index contributed by atoms with van der Waals surface area (Å²) in [4.78, 5) is 0. The second kappa shape index (κ2) is 7.45. The third kappa shape index (κ3) is 3.55. The first-order valence-corrected chi connectivity index (χ1v) is 6.88. The predicted molar refractivity (Wildman–Crippen MR) is 86.4 cm³/mol. The van der Waals surface area contributed by atoms with E-state index in [-0.39, 0.29) is 0 Å². The summed E-state index contributed by atoms with van der Waals surface area (Å²) < 4.78 is 21.3. The largest absolute Gasteiger partial charge is 0.497 e. The van der Waals surface area contributed by atoms with E-state index < -0.39 is 0 Å². The molecule has 22 heavy (non-hydrogen) atoms. The molecule has 0 saturated carbocycles. The van der Waals surface area contributed by atoms with Crippen LogP contribution in [0.5, 0.6) is 23.0 Å². The lowest BCUT2D eigenvalue weighted by Gasteiger charge is -2.15. The highest BCUT2D eigenvalue weighted by Crippen LogP contribution is 2.35. The first-order chi connectivity index (χ1) is 10.7. The van der Waals surface area contributed by atoms with E-state index in [1.54, 1.807) is 28.4 Å². The number of benzene rings is 2. The first kappa shape index (κ1) is 15.8. The highest BCUT2D eigenvalue weighted by molar-refractivity contribution is 5.53. The minimum Gasteiger partial charge on any atom is -0.497 e. The number of methoxy groups -OCH3 is 4. The van der Waals surface area contributed by atoms with E-state index in [4.69, 9.17) is 18.9 Å². The van der Waals surface area contributed by atoms with Crippen LogP contribution in [0.3, 0.4) is 0 Å². The quantitative estimate of drug-likeness (QED) is 0.850. The number of rotatable bonds is 7. The van der Waals surface area contributed by atoms with Gasteiger partial charge >= 0.3 is 0 Å². The zero-order valence-corrected chi connectivity index (χ0v) is 13.3. The minimum atomic E-state index is 0.594. The summed E-state index contributed by atoms with van der Waals surface area (Å²) in [6, 6.07) is 11.5. The molecule has 0 amide bonds. The molecule has 0 heterocycles. The van der Waals surface area contributed by atoms with Crippen LogP contribution in [0, 0.1) is 0 Å². The Morgan fingerprint density at radius 2 is 1.45 bits per heavy atom. The van der Waals surface area contributed by atoms with Crippen molar-refractivity contribution < 1.29 is 18.9 Å². The fourth-order valence-corrected chi connectivity index (χ4v) is 2.16. The fourth-order valence-electron chi connectivity index (χ4n) is 2.16. The fraction of sp³-hybridized carbons (Fsp3) is 0.294. The average Bonchev–Trinajstić information content (AvgIpc) is 2.59. The van der Waals surface area contributed by atoms with Crippen molar-refractivity contribution in [2.45, 2.75) is 6.54 Å². The van der Waals surface area contributed by atoms with Crippen LogP contribution in [0.15, 0.2) is 36.4 Å². The van der Waals surface area contributed by atoms with Crippen molar-refractivity contribution in [2.24, 2.45) is 0 Å². The van der Waals surface area contributed by atoms with Crippen LogP contribution >= 0.6 is 0 Å². The average molecular weight is 303 g/mol. The molecule has 0 atom stereocenters. The van der Waals surface area contributed by atoms with Crippen molar-refractivity contribution in [2.75, 3.05) is 33.8 Å². The molecule has 2 rings (SSSR count). The zero-order valence-electron chi connectivity index (χ0n) is 13.3.